The normalized spacial score (nSPS) is 25.0. The molecule has 6 nitrogen and oxygen atoms in total. The molecule has 0 amide bonds. The number of aromatic nitrogens is 1. The molecular weight excluding hydrogens is 312 g/mol. The molecule has 1 aromatic heterocycles. The Morgan fingerprint density at radius 3 is 2.38 bits per heavy atom. The zero-order valence-electron chi connectivity index (χ0n) is 12.7. The summed E-state index contributed by atoms with van der Waals surface area (Å²) in [5.74, 6) is 0.468. The van der Waals surface area contributed by atoms with Crippen LogP contribution in [0.3, 0.4) is 0 Å². The number of hydrogen-bond donors (Lipinski definition) is 1. The Morgan fingerprint density at radius 2 is 1.90 bits per heavy atom. The number of halogens is 1. The molecule has 1 aliphatic rings. The van der Waals surface area contributed by atoms with Crippen LogP contribution in [0.15, 0.2) is 17.2 Å². The van der Waals surface area contributed by atoms with Crippen LogP contribution in [0.25, 0.3) is 0 Å². The number of pyridine rings is 1. The third-order valence-electron chi connectivity index (χ3n) is 4.02. The van der Waals surface area contributed by atoms with Crippen molar-refractivity contribution in [2.24, 2.45) is 0 Å². The Morgan fingerprint density at radius 1 is 1.33 bits per heavy atom. The van der Waals surface area contributed by atoms with E-state index in [1.807, 2.05) is 20.9 Å². The van der Waals surface area contributed by atoms with E-state index in [4.69, 9.17) is 11.6 Å². The number of anilines is 1. The van der Waals surface area contributed by atoms with Gasteiger partial charge in [0.05, 0.1) is 5.02 Å². The first-order valence-corrected chi connectivity index (χ1v) is 8.64. The molecule has 1 fully saturated rings. The SMILES string of the molecule is CNc1ncc(S(=O)(=O)N2CC(C)N(C)C(C)C2)cc1Cl. The van der Waals surface area contributed by atoms with Crippen LogP contribution >= 0.6 is 11.6 Å². The number of sulfonamides is 1. The first-order chi connectivity index (χ1) is 9.77. The van der Waals surface area contributed by atoms with Gasteiger partial charge in [-0.3, -0.25) is 4.90 Å². The molecule has 21 heavy (non-hydrogen) atoms. The van der Waals surface area contributed by atoms with Crippen molar-refractivity contribution in [3.8, 4) is 0 Å². The Bertz CT molecular complexity index is 611. The Hall–Kier alpha value is -0.890. The largest absolute Gasteiger partial charge is 0.372 e. The predicted octanol–water partition coefficient (Wildman–Crippen LogP) is 1.49. The molecule has 2 atom stereocenters. The number of nitrogens with one attached hydrogen (secondary N) is 1. The van der Waals surface area contributed by atoms with Crippen molar-refractivity contribution in [2.75, 3.05) is 32.5 Å². The van der Waals surface area contributed by atoms with Crippen LogP contribution in [0.5, 0.6) is 0 Å². The average molecular weight is 333 g/mol. The maximum absolute atomic E-state index is 12.7. The summed E-state index contributed by atoms with van der Waals surface area (Å²) in [4.78, 5) is 6.37. The highest BCUT2D eigenvalue weighted by atomic mass is 35.5. The van der Waals surface area contributed by atoms with E-state index in [2.05, 4.69) is 15.2 Å². The van der Waals surface area contributed by atoms with Crippen molar-refractivity contribution in [1.29, 1.82) is 0 Å². The first-order valence-electron chi connectivity index (χ1n) is 6.82. The van der Waals surface area contributed by atoms with Gasteiger partial charge in [-0.05, 0) is 27.0 Å². The van der Waals surface area contributed by atoms with Gasteiger partial charge in [-0.1, -0.05) is 11.6 Å². The van der Waals surface area contributed by atoms with E-state index >= 15 is 0 Å². The minimum atomic E-state index is -3.57. The van der Waals surface area contributed by atoms with Crippen LogP contribution < -0.4 is 5.32 Å². The molecule has 118 valence electrons. The fraction of sp³-hybridized carbons (Fsp3) is 0.615. The molecule has 1 aromatic rings. The molecule has 1 aliphatic heterocycles. The lowest BCUT2D eigenvalue weighted by molar-refractivity contribution is 0.105. The van der Waals surface area contributed by atoms with Gasteiger partial charge >= 0.3 is 0 Å². The van der Waals surface area contributed by atoms with Crippen LogP contribution in [0.1, 0.15) is 13.8 Å². The summed E-state index contributed by atoms with van der Waals surface area (Å²) < 4.78 is 27.0. The van der Waals surface area contributed by atoms with E-state index in [1.54, 1.807) is 7.05 Å². The second-order valence-electron chi connectivity index (χ2n) is 5.44. The molecule has 2 heterocycles. The van der Waals surface area contributed by atoms with Gasteiger partial charge in [0.1, 0.15) is 10.7 Å². The summed E-state index contributed by atoms with van der Waals surface area (Å²) in [5, 5.41) is 3.12. The molecule has 1 N–H and O–H groups in total. The van der Waals surface area contributed by atoms with Gasteiger partial charge in [-0.15, -0.1) is 0 Å². The average Bonchev–Trinajstić information content (AvgIpc) is 2.44. The van der Waals surface area contributed by atoms with Crippen LogP contribution in [0.4, 0.5) is 5.82 Å². The van der Waals surface area contributed by atoms with Gasteiger partial charge < -0.3 is 5.32 Å². The molecule has 0 aliphatic carbocycles. The van der Waals surface area contributed by atoms with E-state index in [0.29, 0.717) is 23.9 Å². The van der Waals surface area contributed by atoms with Gasteiger partial charge in [0.15, 0.2) is 0 Å². The van der Waals surface area contributed by atoms with E-state index in [0.717, 1.165) is 0 Å². The van der Waals surface area contributed by atoms with Gasteiger partial charge in [0, 0.05) is 38.4 Å². The predicted molar refractivity (Wildman–Crippen MR) is 84.2 cm³/mol. The maximum atomic E-state index is 12.7. The van der Waals surface area contributed by atoms with Crippen molar-refractivity contribution in [3.63, 3.8) is 0 Å². The monoisotopic (exact) mass is 332 g/mol. The van der Waals surface area contributed by atoms with E-state index in [1.165, 1.54) is 16.6 Å². The van der Waals surface area contributed by atoms with Gasteiger partial charge in [-0.25, -0.2) is 13.4 Å². The zero-order valence-corrected chi connectivity index (χ0v) is 14.2. The molecule has 0 spiro atoms. The number of nitrogens with zero attached hydrogens (tertiary/aromatic N) is 3. The van der Waals surface area contributed by atoms with Crippen molar-refractivity contribution in [2.45, 2.75) is 30.8 Å². The number of rotatable bonds is 3. The highest BCUT2D eigenvalue weighted by Crippen LogP contribution is 2.26. The fourth-order valence-corrected chi connectivity index (χ4v) is 4.35. The molecule has 0 aromatic carbocycles. The van der Waals surface area contributed by atoms with Crippen molar-refractivity contribution in [1.82, 2.24) is 14.2 Å². The van der Waals surface area contributed by atoms with Crippen LogP contribution in [-0.2, 0) is 10.0 Å². The summed E-state index contributed by atoms with van der Waals surface area (Å²) in [5.41, 5.74) is 0. The lowest BCUT2D eigenvalue weighted by atomic mass is 10.1. The molecule has 0 radical (unpaired) electrons. The fourth-order valence-electron chi connectivity index (χ4n) is 2.45. The Kier molecular flexibility index (Phi) is 4.77. The Balaban J connectivity index is 2.32. The van der Waals surface area contributed by atoms with Gasteiger partial charge in [-0.2, -0.15) is 4.31 Å². The highest BCUT2D eigenvalue weighted by molar-refractivity contribution is 7.89. The molecular formula is C13H21ClN4O2S. The minimum absolute atomic E-state index is 0.135. The molecule has 0 saturated carbocycles. The maximum Gasteiger partial charge on any atom is 0.244 e. The van der Waals surface area contributed by atoms with Crippen LogP contribution in [0.2, 0.25) is 5.02 Å². The first kappa shape index (κ1) is 16.5. The summed E-state index contributed by atoms with van der Waals surface area (Å²) >= 11 is 6.04. The van der Waals surface area contributed by atoms with Gasteiger partial charge in [0.2, 0.25) is 10.0 Å². The molecule has 2 unspecified atom stereocenters. The second-order valence-corrected chi connectivity index (χ2v) is 7.78. The Labute approximate surface area is 131 Å². The van der Waals surface area contributed by atoms with Crippen molar-refractivity contribution < 1.29 is 8.42 Å². The van der Waals surface area contributed by atoms with Crippen LogP contribution in [-0.4, -0.2) is 61.9 Å². The van der Waals surface area contributed by atoms with Gasteiger partial charge in [0.25, 0.3) is 0 Å². The lowest BCUT2D eigenvalue weighted by Gasteiger charge is -2.41. The lowest BCUT2D eigenvalue weighted by Crippen LogP contribution is -2.56. The molecule has 2 rings (SSSR count). The third-order valence-corrected chi connectivity index (χ3v) is 6.10. The topological polar surface area (TPSA) is 65.5 Å². The second kappa shape index (κ2) is 6.08. The number of likely N-dealkylation sites (N-methyl/N-ethyl adjacent to an activating group) is 1. The summed E-state index contributed by atoms with van der Waals surface area (Å²) in [6, 6.07) is 1.79. The summed E-state index contributed by atoms with van der Waals surface area (Å²) in [6.45, 7) is 4.98. The van der Waals surface area contributed by atoms with Crippen molar-refractivity contribution >= 4 is 27.4 Å². The standard InChI is InChI=1S/C13H21ClN4O2S/c1-9-7-18(8-10(2)17(9)4)21(19,20)11-5-12(14)13(15-3)16-6-11/h5-6,9-10H,7-8H2,1-4H3,(H,15,16). The quantitative estimate of drug-likeness (QED) is 0.908. The summed E-state index contributed by atoms with van der Waals surface area (Å²) in [7, 11) is 0.133. The highest BCUT2D eigenvalue weighted by Gasteiger charge is 2.34. The molecule has 0 bridgehead atoms. The number of hydrogen-bond acceptors (Lipinski definition) is 5. The number of piperazine rings is 1. The summed E-state index contributed by atoms with van der Waals surface area (Å²) in [6.07, 6.45) is 1.35. The third kappa shape index (κ3) is 3.15. The molecule has 8 heteroatoms. The van der Waals surface area contributed by atoms with E-state index < -0.39 is 10.0 Å². The van der Waals surface area contributed by atoms with Crippen molar-refractivity contribution in [3.05, 3.63) is 17.3 Å². The smallest absolute Gasteiger partial charge is 0.244 e. The zero-order chi connectivity index (χ0) is 15.8. The van der Waals surface area contributed by atoms with E-state index in [-0.39, 0.29) is 17.0 Å². The molecule has 1 saturated heterocycles. The van der Waals surface area contributed by atoms with Crippen LogP contribution in [0, 0.1) is 0 Å². The van der Waals surface area contributed by atoms with E-state index in [9.17, 15) is 8.42 Å². The minimum Gasteiger partial charge on any atom is -0.372 e.